The summed E-state index contributed by atoms with van der Waals surface area (Å²) in [5.41, 5.74) is 7.63. The van der Waals surface area contributed by atoms with Gasteiger partial charge in [0.2, 0.25) is 0 Å². The van der Waals surface area contributed by atoms with Crippen molar-refractivity contribution in [1.29, 1.82) is 0 Å². The first-order chi connectivity index (χ1) is 19.0. The average Bonchev–Trinajstić information content (AvgIpc) is 2.94. The fourth-order valence-electron chi connectivity index (χ4n) is 4.98. The van der Waals surface area contributed by atoms with Crippen LogP contribution in [0.1, 0.15) is 31.2 Å². The highest BCUT2D eigenvalue weighted by atomic mass is 16.4. The third-order valence-corrected chi connectivity index (χ3v) is 7.06. The number of rotatable bonds is 17. The molecule has 1 atom stereocenters. The molecule has 0 spiro atoms. The Morgan fingerprint density at radius 3 is 1.62 bits per heavy atom. The van der Waals surface area contributed by atoms with E-state index in [-0.39, 0.29) is 19.1 Å². The van der Waals surface area contributed by atoms with Crippen molar-refractivity contribution in [3.63, 3.8) is 0 Å². The van der Waals surface area contributed by atoms with E-state index in [9.17, 15) is 39.6 Å². The molecular formula is C27H43N5O8. The van der Waals surface area contributed by atoms with Gasteiger partial charge in [0.1, 0.15) is 0 Å². The van der Waals surface area contributed by atoms with E-state index in [4.69, 9.17) is 5.73 Å². The Hall–Kier alpha value is -3.26. The lowest BCUT2D eigenvalue weighted by molar-refractivity contribution is -0.143. The monoisotopic (exact) mass is 565 g/mol. The van der Waals surface area contributed by atoms with Gasteiger partial charge in [-0.2, -0.15) is 0 Å². The second-order valence-electron chi connectivity index (χ2n) is 10.3. The first kappa shape index (κ1) is 32.9. The van der Waals surface area contributed by atoms with E-state index in [0.717, 1.165) is 25.7 Å². The number of nitrogen functional groups attached to an aromatic ring is 1. The second-order valence-corrected chi connectivity index (χ2v) is 10.3. The predicted octanol–water partition coefficient (Wildman–Crippen LogP) is 0.300. The van der Waals surface area contributed by atoms with Gasteiger partial charge in [0.25, 0.3) is 0 Å². The van der Waals surface area contributed by atoms with Gasteiger partial charge in [-0.3, -0.25) is 38.8 Å². The fourth-order valence-corrected chi connectivity index (χ4v) is 4.98. The first-order valence-corrected chi connectivity index (χ1v) is 13.6. The largest absolute Gasteiger partial charge is 0.480 e. The van der Waals surface area contributed by atoms with Gasteiger partial charge in [-0.1, -0.05) is 25.0 Å². The Labute approximate surface area is 234 Å². The molecule has 1 aliphatic rings. The number of hydrogen-bond acceptors (Lipinski definition) is 9. The third-order valence-electron chi connectivity index (χ3n) is 7.06. The number of unbranched alkanes of at least 4 members (excludes halogenated alkanes) is 2. The molecule has 1 fully saturated rings. The van der Waals surface area contributed by atoms with Crippen LogP contribution in [0.25, 0.3) is 0 Å². The van der Waals surface area contributed by atoms with Crippen molar-refractivity contribution < 1.29 is 39.6 Å². The molecule has 40 heavy (non-hydrogen) atoms. The lowest BCUT2D eigenvalue weighted by Crippen LogP contribution is -2.50. The van der Waals surface area contributed by atoms with E-state index in [1.165, 1.54) is 10.5 Å². The molecule has 2 rings (SSSR count). The highest BCUT2D eigenvalue weighted by Crippen LogP contribution is 2.16. The number of anilines is 1. The molecule has 1 aromatic carbocycles. The van der Waals surface area contributed by atoms with Crippen molar-refractivity contribution in [3.05, 3.63) is 29.8 Å². The summed E-state index contributed by atoms with van der Waals surface area (Å²) in [7, 11) is 0. The summed E-state index contributed by atoms with van der Waals surface area (Å²) in [6.07, 6.45) is 4.06. The van der Waals surface area contributed by atoms with Crippen LogP contribution >= 0.6 is 0 Å². The minimum Gasteiger partial charge on any atom is -0.480 e. The highest BCUT2D eigenvalue weighted by Gasteiger charge is 2.27. The molecule has 0 amide bonds. The molecule has 1 aromatic rings. The third kappa shape index (κ3) is 13.7. The van der Waals surface area contributed by atoms with Crippen molar-refractivity contribution >= 4 is 29.6 Å². The number of carboxylic acids is 4. The number of nitrogens with zero attached hydrogens (tertiary/aromatic N) is 4. The number of hydrogen-bond donors (Lipinski definition) is 5. The molecule has 6 N–H and O–H groups in total. The number of aliphatic carboxylic acids is 4. The van der Waals surface area contributed by atoms with Crippen molar-refractivity contribution in [1.82, 2.24) is 19.6 Å². The zero-order chi connectivity index (χ0) is 29.5. The van der Waals surface area contributed by atoms with Gasteiger partial charge in [0, 0.05) is 57.5 Å². The van der Waals surface area contributed by atoms with Crippen molar-refractivity contribution in [2.24, 2.45) is 0 Å². The highest BCUT2D eigenvalue weighted by molar-refractivity contribution is 5.72. The second kappa shape index (κ2) is 17.4. The van der Waals surface area contributed by atoms with Gasteiger partial charge in [-0.15, -0.1) is 0 Å². The molecule has 1 heterocycles. The van der Waals surface area contributed by atoms with Crippen molar-refractivity contribution in [2.75, 3.05) is 77.7 Å². The summed E-state index contributed by atoms with van der Waals surface area (Å²) >= 11 is 0. The molecule has 0 aliphatic carbocycles. The minimum absolute atomic E-state index is 0.170. The summed E-state index contributed by atoms with van der Waals surface area (Å²) in [4.78, 5) is 53.0. The van der Waals surface area contributed by atoms with E-state index < -0.39 is 37.0 Å². The number of aryl methyl sites for hydroxylation is 1. The van der Waals surface area contributed by atoms with Gasteiger partial charge in [-0.05, 0) is 37.0 Å². The molecule has 1 unspecified atom stereocenters. The van der Waals surface area contributed by atoms with Gasteiger partial charge < -0.3 is 26.2 Å². The smallest absolute Gasteiger partial charge is 0.317 e. The van der Waals surface area contributed by atoms with Crippen LogP contribution in [0.3, 0.4) is 0 Å². The van der Waals surface area contributed by atoms with Crippen molar-refractivity contribution in [3.8, 4) is 0 Å². The standard InChI is InChI=1S/C27H43N5O8/c28-22-8-6-21(7-9-22)4-2-1-3-5-23(32(19-26(37)38)20-27(39)40)16-29-10-12-30(17-24(33)34)14-15-31(13-11-29)18-25(35)36/h6-9,23H,1-5,10-20,28H2,(H,33,34)(H,35,36)(H,37,38)(H,39,40). The van der Waals surface area contributed by atoms with Crippen LogP contribution in [-0.2, 0) is 25.6 Å². The molecule has 0 bridgehead atoms. The molecule has 1 saturated heterocycles. The van der Waals surface area contributed by atoms with Gasteiger partial charge in [0.05, 0.1) is 26.2 Å². The van der Waals surface area contributed by atoms with Crippen LogP contribution in [0.15, 0.2) is 24.3 Å². The zero-order valence-corrected chi connectivity index (χ0v) is 23.0. The van der Waals surface area contributed by atoms with E-state index in [0.29, 0.717) is 57.9 Å². The summed E-state index contributed by atoms with van der Waals surface area (Å²) in [5, 5.41) is 37.6. The van der Waals surface area contributed by atoms with E-state index in [1.807, 2.05) is 24.3 Å². The van der Waals surface area contributed by atoms with Crippen LogP contribution in [-0.4, -0.2) is 142 Å². The molecule has 224 valence electrons. The van der Waals surface area contributed by atoms with Crippen LogP contribution in [0, 0.1) is 0 Å². The molecule has 0 radical (unpaired) electrons. The molecule has 13 heteroatoms. The molecule has 0 saturated carbocycles. The Balaban J connectivity index is 2.11. The summed E-state index contributed by atoms with van der Waals surface area (Å²) in [6, 6.07) is 7.35. The van der Waals surface area contributed by atoms with Crippen LogP contribution < -0.4 is 5.73 Å². The topological polar surface area (TPSA) is 188 Å². The van der Waals surface area contributed by atoms with Gasteiger partial charge in [-0.25, -0.2) is 0 Å². The molecule has 0 aromatic heterocycles. The average molecular weight is 566 g/mol. The maximum absolute atomic E-state index is 11.6. The SMILES string of the molecule is Nc1ccc(CCCCCC(CN2CCN(CC(=O)O)CCN(CC(=O)O)CC2)N(CC(=O)O)CC(=O)O)cc1. The summed E-state index contributed by atoms with van der Waals surface area (Å²) in [6.45, 7) is 1.93. The fraction of sp³-hybridized carbons (Fsp3) is 0.630. The minimum atomic E-state index is -1.11. The number of carbonyl (C=O) groups is 4. The summed E-state index contributed by atoms with van der Waals surface area (Å²) < 4.78 is 0. The van der Waals surface area contributed by atoms with E-state index in [2.05, 4.69) is 4.90 Å². The molecule has 1 aliphatic heterocycles. The molecule has 13 nitrogen and oxygen atoms in total. The normalized spacial score (nSPS) is 16.6. The number of nitrogens with two attached hydrogens (primary N) is 1. The van der Waals surface area contributed by atoms with Gasteiger partial charge >= 0.3 is 23.9 Å². The summed E-state index contributed by atoms with van der Waals surface area (Å²) in [5.74, 6) is -4.17. The maximum Gasteiger partial charge on any atom is 0.317 e. The Kier molecular flexibility index (Phi) is 14.4. The Morgan fingerprint density at radius 2 is 1.18 bits per heavy atom. The molecular weight excluding hydrogens is 522 g/mol. The Morgan fingerprint density at radius 1 is 0.700 bits per heavy atom. The zero-order valence-electron chi connectivity index (χ0n) is 23.0. The lowest BCUT2D eigenvalue weighted by Gasteiger charge is -2.35. The maximum atomic E-state index is 11.6. The first-order valence-electron chi connectivity index (χ1n) is 13.6. The van der Waals surface area contributed by atoms with E-state index in [1.54, 1.807) is 9.80 Å². The van der Waals surface area contributed by atoms with Crippen LogP contribution in [0.2, 0.25) is 0 Å². The lowest BCUT2D eigenvalue weighted by atomic mass is 10.0. The quantitative estimate of drug-likeness (QED) is 0.128. The van der Waals surface area contributed by atoms with Gasteiger partial charge in [0.15, 0.2) is 0 Å². The predicted molar refractivity (Wildman–Crippen MR) is 148 cm³/mol. The van der Waals surface area contributed by atoms with Crippen LogP contribution in [0.5, 0.6) is 0 Å². The van der Waals surface area contributed by atoms with E-state index >= 15 is 0 Å². The van der Waals surface area contributed by atoms with Crippen molar-refractivity contribution in [2.45, 2.75) is 38.1 Å². The number of benzene rings is 1. The Bertz CT molecular complexity index is 917. The number of carboxylic acid groups (broad SMARTS) is 4. The van der Waals surface area contributed by atoms with Crippen LogP contribution in [0.4, 0.5) is 5.69 Å².